The van der Waals surface area contributed by atoms with Gasteiger partial charge in [0.1, 0.15) is 11.7 Å². The number of hydrogen-bond acceptors (Lipinski definition) is 2. The number of fused-ring (bicyclic) bond motifs is 6. The molecule has 1 heterocycles. The van der Waals surface area contributed by atoms with Crippen LogP contribution in [0.3, 0.4) is 0 Å². The molecule has 7 rings (SSSR count). The molecule has 0 bridgehead atoms. The third-order valence-corrected chi connectivity index (χ3v) is 18.6. The van der Waals surface area contributed by atoms with E-state index in [9.17, 15) is 0 Å². The van der Waals surface area contributed by atoms with E-state index in [1.54, 1.807) is 5.57 Å². The van der Waals surface area contributed by atoms with Crippen molar-refractivity contribution in [3.05, 3.63) is 81.8 Å². The lowest BCUT2D eigenvalue weighted by Gasteiger charge is -2.58. The van der Waals surface area contributed by atoms with Crippen LogP contribution in [0.15, 0.2) is 81.8 Å². The number of hydrogen-bond donors (Lipinski definition) is 0. The highest BCUT2D eigenvalue weighted by molar-refractivity contribution is 9.28. The number of allylic oxidation sites excluding steroid dienone is 1. The number of rotatable bonds is 5. The number of halogens is 2. The van der Waals surface area contributed by atoms with Crippen LogP contribution in [0.25, 0.3) is 0 Å². The maximum absolute atomic E-state index is 7.68. The van der Waals surface area contributed by atoms with E-state index in [0.717, 1.165) is 34.0 Å². The summed E-state index contributed by atoms with van der Waals surface area (Å²) in [7, 11) is -2.56. The summed E-state index contributed by atoms with van der Waals surface area (Å²) in [6.07, 6.45) is 15.4. The molecule has 2 nitrogen and oxygen atoms in total. The molecule has 0 amide bonds. The Bertz CT molecular complexity index is 1370. The molecule has 5 aliphatic rings. The number of epoxide rings is 1. The summed E-state index contributed by atoms with van der Waals surface area (Å²) in [4.78, 5) is 0. The second-order valence-electron chi connectivity index (χ2n) is 15.8. The molecule has 4 aliphatic carbocycles. The summed E-state index contributed by atoms with van der Waals surface area (Å²) in [6, 6.07) is 22.4. The Kier molecular flexibility index (Phi) is 7.69. The summed E-state index contributed by atoms with van der Waals surface area (Å²) in [5.74, 6) is 2.33. The molecule has 5 heteroatoms. The van der Waals surface area contributed by atoms with Crippen LogP contribution in [-0.4, -0.2) is 26.1 Å². The van der Waals surface area contributed by atoms with E-state index in [0.29, 0.717) is 5.41 Å². The van der Waals surface area contributed by atoms with Gasteiger partial charge in [0.2, 0.25) is 0 Å². The summed E-state index contributed by atoms with van der Waals surface area (Å²) < 4.78 is 15.3. The van der Waals surface area contributed by atoms with Gasteiger partial charge in [-0.25, -0.2) is 0 Å². The van der Waals surface area contributed by atoms with E-state index in [2.05, 4.69) is 139 Å². The highest BCUT2D eigenvalue weighted by Crippen LogP contribution is 2.72. The van der Waals surface area contributed by atoms with Gasteiger partial charge in [0.05, 0.1) is 3.39 Å². The molecule has 2 aromatic carbocycles. The zero-order valence-corrected chi connectivity index (χ0v) is 30.7. The molecule has 8 atom stereocenters. The van der Waals surface area contributed by atoms with Crippen molar-refractivity contribution in [3.8, 4) is 0 Å². The fourth-order valence-electron chi connectivity index (χ4n) is 10.8. The van der Waals surface area contributed by atoms with Crippen LogP contribution in [0.4, 0.5) is 0 Å². The Balaban J connectivity index is 1.17. The van der Waals surface area contributed by atoms with Crippen LogP contribution < -0.4 is 10.4 Å². The van der Waals surface area contributed by atoms with Crippen molar-refractivity contribution in [1.82, 2.24) is 0 Å². The maximum Gasteiger partial charge on any atom is 0.261 e. The van der Waals surface area contributed by atoms with Crippen LogP contribution in [0.1, 0.15) is 86.0 Å². The second-order valence-corrected chi connectivity index (χ2v) is 22.8. The molecule has 2 aromatic rings. The molecular weight excluding hydrogens is 676 g/mol. The topological polar surface area (TPSA) is 21.8 Å². The largest absolute Gasteiger partial charge is 0.404 e. The molecule has 0 radical (unpaired) electrons. The average Bonchev–Trinajstić information content (AvgIpc) is 3.59. The van der Waals surface area contributed by atoms with Crippen LogP contribution in [0.5, 0.6) is 0 Å². The Morgan fingerprint density at radius 3 is 2.12 bits per heavy atom. The van der Waals surface area contributed by atoms with Crippen molar-refractivity contribution in [2.75, 3.05) is 0 Å². The van der Waals surface area contributed by atoms with Crippen LogP contribution in [0, 0.1) is 28.6 Å². The lowest BCUT2D eigenvalue weighted by molar-refractivity contribution is -0.0547. The zero-order valence-electron chi connectivity index (χ0n) is 26.5. The minimum atomic E-state index is -2.56. The Labute approximate surface area is 277 Å². The predicted molar refractivity (Wildman–Crippen MR) is 188 cm³/mol. The smallest absolute Gasteiger partial charge is 0.261 e. The SMILES string of the molecule is CC(C)(C)[Si](O[C@H]1CC[C@@]2(C)C(=CCC3C2CC[C@@]2(C)C3CC[C@]23OC3C=C(Br)Br)C1)(c1ccccc1)c1ccccc1. The molecule has 4 fully saturated rings. The monoisotopic (exact) mass is 722 g/mol. The first-order chi connectivity index (χ1) is 20.4. The third kappa shape index (κ3) is 4.64. The lowest BCUT2D eigenvalue weighted by Crippen LogP contribution is -2.68. The summed E-state index contributed by atoms with van der Waals surface area (Å²) in [6.45, 7) is 12.4. The lowest BCUT2D eigenvalue weighted by atomic mass is 9.47. The normalized spacial score (nSPS) is 38.5. The van der Waals surface area contributed by atoms with Crippen LogP contribution in [0.2, 0.25) is 5.04 Å². The second kappa shape index (κ2) is 10.8. The van der Waals surface area contributed by atoms with E-state index < -0.39 is 8.32 Å². The summed E-state index contributed by atoms with van der Waals surface area (Å²) in [5.41, 5.74) is 2.34. The van der Waals surface area contributed by atoms with Crippen LogP contribution in [-0.2, 0) is 9.16 Å². The molecule has 0 aromatic heterocycles. The van der Waals surface area contributed by atoms with Gasteiger partial charge in [-0.05, 0) is 128 Å². The minimum absolute atomic E-state index is 0.0110. The first-order valence-electron chi connectivity index (χ1n) is 16.6. The predicted octanol–water partition coefficient (Wildman–Crippen LogP) is 9.66. The molecule has 3 saturated carbocycles. The number of ether oxygens (including phenoxy) is 1. The van der Waals surface area contributed by atoms with E-state index in [1.165, 1.54) is 48.9 Å². The molecule has 1 aliphatic heterocycles. The van der Waals surface area contributed by atoms with Crippen LogP contribution >= 0.6 is 31.9 Å². The molecule has 1 spiro atoms. The van der Waals surface area contributed by atoms with Crippen molar-refractivity contribution < 1.29 is 9.16 Å². The zero-order chi connectivity index (χ0) is 30.3. The first-order valence-corrected chi connectivity index (χ1v) is 20.1. The van der Waals surface area contributed by atoms with Gasteiger partial charge in [-0.1, -0.05) is 107 Å². The number of benzene rings is 2. The molecular formula is C38H48Br2O2Si. The fraction of sp³-hybridized carbons (Fsp3) is 0.579. The van der Waals surface area contributed by atoms with Gasteiger partial charge in [0.25, 0.3) is 8.32 Å². The third-order valence-electron chi connectivity index (χ3n) is 13.0. The van der Waals surface area contributed by atoms with Gasteiger partial charge in [0.15, 0.2) is 0 Å². The standard InChI is InChI=1S/C38H48Br2O2Si/c1-35(2,3)43(28-12-8-6-9-13-28,29-14-10-7-11-15-29)42-27-18-21-36(4)26(24-27)16-17-30-31(36)19-22-37(5)32(30)20-23-38(37)33(41-38)25-34(39)40/h6-16,25,27,30-33H,17-24H2,1-5H3/t27-,30?,31?,32?,33?,36-,37-,38+/m0/s1. The highest BCUT2D eigenvalue weighted by atomic mass is 79.9. The Morgan fingerprint density at radius 1 is 0.884 bits per heavy atom. The van der Waals surface area contributed by atoms with E-state index in [4.69, 9.17) is 9.16 Å². The van der Waals surface area contributed by atoms with Crippen molar-refractivity contribution in [1.29, 1.82) is 0 Å². The summed E-state index contributed by atoms with van der Waals surface area (Å²) in [5, 5.41) is 2.80. The van der Waals surface area contributed by atoms with Gasteiger partial charge >= 0.3 is 0 Å². The van der Waals surface area contributed by atoms with Crippen molar-refractivity contribution in [2.24, 2.45) is 28.6 Å². The van der Waals surface area contributed by atoms with E-state index >= 15 is 0 Å². The van der Waals surface area contributed by atoms with Crippen molar-refractivity contribution in [2.45, 2.75) is 109 Å². The van der Waals surface area contributed by atoms with E-state index in [1.807, 2.05) is 0 Å². The first kappa shape index (κ1) is 30.7. The maximum atomic E-state index is 7.68. The Morgan fingerprint density at radius 2 is 1.51 bits per heavy atom. The van der Waals surface area contributed by atoms with Gasteiger partial charge in [-0.3, -0.25) is 0 Å². The average molecular weight is 725 g/mol. The molecule has 4 unspecified atom stereocenters. The quantitative estimate of drug-likeness (QED) is 0.174. The van der Waals surface area contributed by atoms with Gasteiger partial charge in [-0.2, -0.15) is 0 Å². The molecule has 43 heavy (non-hydrogen) atoms. The molecule has 1 saturated heterocycles. The summed E-state index contributed by atoms with van der Waals surface area (Å²) >= 11 is 7.19. The van der Waals surface area contributed by atoms with Gasteiger partial charge in [-0.15, -0.1) is 0 Å². The molecule has 230 valence electrons. The molecule has 0 N–H and O–H groups in total. The fourth-order valence-corrected chi connectivity index (χ4v) is 16.0. The van der Waals surface area contributed by atoms with Gasteiger partial charge in [0, 0.05) is 11.5 Å². The Hall–Kier alpha value is -0.983. The minimum Gasteiger partial charge on any atom is -0.404 e. The van der Waals surface area contributed by atoms with E-state index in [-0.39, 0.29) is 28.3 Å². The highest BCUT2D eigenvalue weighted by Gasteiger charge is 2.73. The van der Waals surface area contributed by atoms with Crippen molar-refractivity contribution >= 4 is 50.6 Å². The van der Waals surface area contributed by atoms with Gasteiger partial charge < -0.3 is 9.16 Å². The van der Waals surface area contributed by atoms with Crippen molar-refractivity contribution in [3.63, 3.8) is 0 Å².